The van der Waals surface area contributed by atoms with Gasteiger partial charge in [0.05, 0.1) is 6.61 Å². The molecule has 1 rings (SSSR count). The van der Waals surface area contributed by atoms with Crippen molar-refractivity contribution in [1.29, 1.82) is 0 Å². The Morgan fingerprint density at radius 3 is 2.64 bits per heavy atom. The fraction of sp³-hybridized carbons (Fsp3) is 0.455. The molecule has 0 aromatic heterocycles. The van der Waals surface area contributed by atoms with Crippen molar-refractivity contribution in [3.05, 3.63) is 35.9 Å². The smallest absolute Gasteiger partial charge is 0.0587 e. The molecule has 0 aliphatic carbocycles. The minimum atomic E-state index is 0.216. The van der Waals surface area contributed by atoms with E-state index >= 15 is 0 Å². The van der Waals surface area contributed by atoms with E-state index < -0.39 is 0 Å². The summed E-state index contributed by atoms with van der Waals surface area (Å²) in [5, 5.41) is 3.33. The van der Waals surface area contributed by atoms with E-state index in [1.807, 2.05) is 18.2 Å². The average molecular weight is 214 g/mol. The molecular formula is C11H16ClNO. The first-order valence-electron chi connectivity index (χ1n) is 4.71. The summed E-state index contributed by atoms with van der Waals surface area (Å²) < 4.78 is 4.97. The van der Waals surface area contributed by atoms with Crippen molar-refractivity contribution in [3.8, 4) is 0 Å². The Bertz CT molecular complexity index is 240. The lowest BCUT2D eigenvalue weighted by molar-refractivity contribution is 0.196. The molecule has 0 saturated carbocycles. The van der Waals surface area contributed by atoms with Crippen LogP contribution in [0.5, 0.6) is 0 Å². The Hall–Kier alpha value is -0.570. The molecule has 0 radical (unpaired) electrons. The van der Waals surface area contributed by atoms with Gasteiger partial charge in [-0.15, -0.1) is 11.6 Å². The van der Waals surface area contributed by atoms with Crippen molar-refractivity contribution in [2.45, 2.75) is 6.04 Å². The maximum absolute atomic E-state index is 5.88. The number of halogens is 1. The number of alkyl halides is 1. The summed E-state index contributed by atoms with van der Waals surface area (Å²) >= 11 is 5.88. The molecule has 0 heterocycles. The van der Waals surface area contributed by atoms with Crippen LogP contribution in [0.2, 0.25) is 0 Å². The highest BCUT2D eigenvalue weighted by Gasteiger charge is 2.07. The summed E-state index contributed by atoms with van der Waals surface area (Å²) in [5.41, 5.74) is 1.22. The lowest BCUT2D eigenvalue weighted by Gasteiger charge is -2.15. The van der Waals surface area contributed by atoms with Gasteiger partial charge in [-0.25, -0.2) is 0 Å². The van der Waals surface area contributed by atoms with E-state index in [1.165, 1.54) is 5.56 Å². The van der Waals surface area contributed by atoms with Crippen LogP contribution in [0.15, 0.2) is 30.3 Å². The number of methoxy groups -OCH3 is 1. The van der Waals surface area contributed by atoms with Crippen molar-refractivity contribution < 1.29 is 4.74 Å². The predicted octanol–water partition coefficient (Wildman–Crippen LogP) is 2.20. The molecular weight excluding hydrogens is 198 g/mol. The zero-order chi connectivity index (χ0) is 10.2. The molecule has 0 saturated heterocycles. The number of hydrogen-bond acceptors (Lipinski definition) is 2. The molecule has 3 heteroatoms. The highest BCUT2D eigenvalue weighted by atomic mass is 35.5. The second-order valence-electron chi connectivity index (χ2n) is 3.06. The first-order chi connectivity index (χ1) is 6.88. The van der Waals surface area contributed by atoms with E-state index in [0.717, 1.165) is 6.54 Å². The second-order valence-corrected chi connectivity index (χ2v) is 3.37. The van der Waals surface area contributed by atoms with Crippen molar-refractivity contribution in [1.82, 2.24) is 5.32 Å². The normalized spacial score (nSPS) is 12.7. The van der Waals surface area contributed by atoms with Gasteiger partial charge >= 0.3 is 0 Å². The maximum atomic E-state index is 5.88. The highest BCUT2D eigenvalue weighted by molar-refractivity contribution is 6.18. The standard InChI is InChI=1S/C11H16ClNO/c1-14-8-7-13-11(9-12)10-5-3-2-4-6-10/h2-6,11,13H,7-9H2,1H3. The Morgan fingerprint density at radius 2 is 2.07 bits per heavy atom. The van der Waals surface area contributed by atoms with Crippen molar-refractivity contribution in [2.75, 3.05) is 26.1 Å². The van der Waals surface area contributed by atoms with Crippen LogP contribution in [0.1, 0.15) is 11.6 Å². The summed E-state index contributed by atoms with van der Waals surface area (Å²) in [5.74, 6) is 0.577. The number of hydrogen-bond donors (Lipinski definition) is 1. The summed E-state index contributed by atoms with van der Waals surface area (Å²) in [7, 11) is 1.69. The number of nitrogens with one attached hydrogen (secondary N) is 1. The Balaban J connectivity index is 2.46. The van der Waals surface area contributed by atoms with E-state index in [1.54, 1.807) is 7.11 Å². The first-order valence-corrected chi connectivity index (χ1v) is 5.25. The summed E-state index contributed by atoms with van der Waals surface area (Å²) in [6, 6.07) is 10.4. The van der Waals surface area contributed by atoms with E-state index in [0.29, 0.717) is 12.5 Å². The minimum absolute atomic E-state index is 0.216. The minimum Gasteiger partial charge on any atom is -0.383 e. The monoisotopic (exact) mass is 213 g/mol. The van der Waals surface area contributed by atoms with Gasteiger partial charge in [-0.1, -0.05) is 30.3 Å². The average Bonchev–Trinajstić information content (AvgIpc) is 2.26. The molecule has 0 amide bonds. The number of rotatable bonds is 6. The number of benzene rings is 1. The lowest BCUT2D eigenvalue weighted by atomic mass is 10.1. The third-order valence-corrected chi connectivity index (χ3v) is 2.36. The van der Waals surface area contributed by atoms with Gasteiger partial charge in [-0.2, -0.15) is 0 Å². The SMILES string of the molecule is COCCNC(CCl)c1ccccc1. The molecule has 1 atom stereocenters. The molecule has 0 fully saturated rings. The van der Waals surface area contributed by atoms with Crippen LogP contribution in [-0.4, -0.2) is 26.1 Å². The molecule has 1 aromatic carbocycles. The van der Waals surface area contributed by atoms with Crippen LogP contribution < -0.4 is 5.32 Å². The van der Waals surface area contributed by atoms with E-state index in [2.05, 4.69) is 17.4 Å². The van der Waals surface area contributed by atoms with Gasteiger partial charge in [0.25, 0.3) is 0 Å². The molecule has 1 aromatic rings. The highest BCUT2D eigenvalue weighted by Crippen LogP contribution is 2.13. The number of ether oxygens (including phenoxy) is 1. The molecule has 1 unspecified atom stereocenters. The molecule has 0 bridgehead atoms. The topological polar surface area (TPSA) is 21.3 Å². The predicted molar refractivity (Wildman–Crippen MR) is 59.8 cm³/mol. The fourth-order valence-electron chi connectivity index (χ4n) is 1.28. The third kappa shape index (κ3) is 3.66. The third-order valence-electron chi connectivity index (χ3n) is 2.05. The molecule has 0 aliphatic rings. The molecule has 0 spiro atoms. The van der Waals surface area contributed by atoms with Crippen LogP contribution in [0, 0.1) is 0 Å². The fourth-order valence-corrected chi connectivity index (χ4v) is 1.57. The quantitative estimate of drug-likeness (QED) is 0.578. The molecule has 78 valence electrons. The zero-order valence-corrected chi connectivity index (χ0v) is 9.13. The van der Waals surface area contributed by atoms with Gasteiger partial charge in [0.1, 0.15) is 0 Å². The van der Waals surface area contributed by atoms with Crippen LogP contribution in [0.3, 0.4) is 0 Å². The van der Waals surface area contributed by atoms with Gasteiger partial charge in [0, 0.05) is 25.6 Å². The van der Waals surface area contributed by atoms with Crippen LogP contribution in [0.4, 0.5) is 0 Å². The van der Waals surface area contributed by atoms with Crippen LogP contribution in [0.25, 0.3) is 0 Å². The molecule has 1 N–H and O–H groups in total. The van der Waals surface area contributed by atoms with Crippen molar-refractivity contribution in [2.24, 2.45) is 0 Å². The van der Waals surface area contributed by atoms with E-state index in [-0.39, 0.29) is 6.04 Å². The van der Waals surface area contributed by atoms with Gasteiger partial charge in [-0.05, 0) is 5.56 Å². The molecule has 2 nitrogen and oxygen atoms in total. The molecule has 0 aliphatic heterocycles. The van der Waals surface area contributed by atoms with Gasteiger partial charge in [0.15, 0.2) is 0 Å². The van der Waals surface area contributed by atoms with Gasteiger partial charge in [0.2, 0.25) is 0 Å². The second kappa shape index (κ2) is 6.82. The Labute approximate surface area is 90.2 Å². The van der Waals surface area contributed by atoms with Crippen LogP contribution >= 0.6 is 11.6 Å². The largest absolute Gasteiger partial charge is 0.383 e. The Morgan fingerprint density at radius 1 is 1.36 bits per heavy atom. The van der Waals surface area contributed by atoms with Crippen molar-refractivity contribution >= 4 is 11.6 Å². The Kier molecular flexibility index (Phi) is 5.60. The lowest BCUT2D eigenvalue weighted by Crippen LogP contribution is -2.26. The van der Waals surface area contributed by atoms with E-state index in [9.17, 15) is 0 Å². The van der Waals surface area contributed by atoms with Crippen molar-refractivity contribution in [3.63, 3.8) is 0 Å². The summed E-state index contributed by atoms with van der Waals surface area (Å²) in [6.45, 7) is 1.53. The molecule has 14 heavy (non-hydrogen) atoms. The van der Waals surface area contributed by atoms with Crippen LogP contribution in [-0.2, 0) is 4.74 Å². The summed E-state index contributed by atoms with van der Waals surface area (Å²) in [4.78, 5) is 0. The summed E-state index contributed by atoms with van der Waals surface area (Å²) in [6.07, 6.45) is 0. The zero-order valence-electron chi connectivity index (χ0n) is 8.37. The van der Waals surface area contributed by atoms with Gasteiger partial charge < -0.3 is 10.1 Å². The van der Waals surface area contributed by atoms with E-state index in [4.69, 9.17) is 16.3 Å². The first kappa shape index (κ1) is 11.5. The maximum Gasteiger partial charge on any atom is 0.0587 e. The van der Waals surface area contributed by atoms with Gasteiger partial charge in [-0.3, -0.25) is 0 Å².